The fourth-order valence-corrected chi connectivity index (χ4v) is 7.68. The minimum absolute atomic E-state index is 0.0548. The van der Waals surface area contributed by atoms with E-state index < -0.39 is 46.1 Å². The molecule has 0 saturated heterocycles. The molecule has 0 saturated carbocycles. The summed E-state index contributed by atoms with van der Waals surface area (Å²) in [5.41, 5.74) is -0.687. The fraction of sp³-hybridized carbons (Fsp3) is 0.207. The van der Waals surface area contributed by atoms with Crippen LogP contribution in [0.5, 0.6) is 23.0 Å². The van der Waals surface area contributed by atoms with Crippen molar-refractivity contribution in [1.29, 1.82) is 0 Å². The number of ketones is 2. The van der Waals surface area contributed by atoms with Gasteiger partial charge >= 0.3 is 23.9 Å². The quantitative estimate of drug-likeness (QED) is 0.0195. The van der Waals surface area contributed by atoms with E-state index in [1.165, 1.54) is 36.4 Å². The molecule has 0 unspecified atom stereocenters. The van der Waals surface area contributed by atoms with Crippen molar-refractivity contribution in [2.24, 2.45) is 0 Å². The molecule has 14 nitrogen and oxygen atoms in total. The third kappa shape index (κ3) is 15.1. The van der Waals surface area contributed by atoms with Crippen LogP contribution in [0.2, 0.25) is 0 Å². The normalized spacial score (nSPS) is 11.1. The van der Waals surface area contributed by atoms with Gasteiger partial charge in [-0.3, -0.25) is 9.59 Å². The molecule has 0 fully saturated rings. The van der Waals surface area contributed by atoms with Gasteiger partial charge in [0.05, 0.1) is 37.6 Å². The lowest BCUT2D eigenvalue weighted by Crippen LogP contribution is -2.16. The second-order valence-corrected chi connectivity index (χ2v) is 16.4. The number of carboxylic acid groups (broad SMARTS) is 4. The Morgan fingerprint density at radius 1 is 0.347 bits per heavy atom. The van der Waals surface area contributed by atoms with Crippen LogP contribution in [0.4, 0.5) is 0 Å². The first-order chi connectivity index (χ1) is 34.9. The Kier molecular flexibility index (Phi) is 19.6. The number of carbonyl (C=O) groups is 6. The predicted octanol–water partition coefficient (Wildman–Crippen LogP) is 12.0. The third-order valence-electron chi connectivity index (χ3n) is 11.3. The molecule has 370 valence electrons. The van der Waals surface area contributed by atoms with Crippen molar-refractivity contribution in [1.82, 2.24) is 0 Å². The largest absolute Gasteiger partial charge is 0.494 e. The van der Waals surface area contributed by atoms with E-state index in [1.54, 1.807) is 36.4 Å². The minimum Gasteiger partial charge on any atom is -0.494 e. The van der Waals surface area contributed by atoms with Crippen molar-refractivity contribution in [3.63, 3.8) is 0 Å². The Labute approximate surface area is 416 Å². The second-order valence-electron chi connectivity index (χ2n) is 16.4. The van der Waals surface area contributed by atoms with Gasteiger partial charge in [0.1, 0.15) is 34.1 Å². The molecule has 6 aromatic rings. The third-order valence-corrected chi connectivity index (χ3v) is 11.3. The molecule has 0 aliphatic carbocycles. The van der Waals surface area contributed by atoms with E-state index in [9.17, 15) is 49.2 Å². The predicted molar refractivity (Wildman–Crippen MR) is 271 cm³/mol. The van der Waals surface area contributed by atoms with Crippen LogP contribution in [0.1, 0.15) is 125 Å². The zero-order chi connectivity index (χ0) is 51.2. The molecule has 0 aromatic heterocycles. The topological polar surface area (TPSA) is 220 Å². The molecule has 0 aliphatic heterocycles. The van der Waals surface area contributed by atoms with Crippen molar-refractivity contribution >= 4 is 47.6 Å². The van der Waals surface area contributed by atoms with Crippen LogP contribution in [-0.4, -0.2) is 82.3 Å². The number of carboxylic acids is 4. The average Bonchev–Trinajstić information content (AvgIpc) is 3.39. The highest BCUT2D eigenvalue weighted by Gasteiger charge is 2.31. The highest BCUT2D eigenvalue weighted by atomic mass is 16.5. The van der Waals surface area contributed by atoms with Crippen molar-refractivity contribution < 1.29 is 68.1 Å². The van der Waals surface area contributed by atoms with Gasteiger partial charge in [-0.1, -0.05) is 97.1 Å². The molecule has 4 N–H and O–H groups in total. The number of carbonyl (C=O) groups excluding carboxylic acids is 2. The summed E-state index contributed by atoms with van der Waals surface area (Å²) in [6, 6.07) is 37.5. The van der Waals surface area contributed by atoms with Gasteiger partial charge in [-0.25, -0.2) is 19.2 Å². The van der Waals surface area contributed by atoms with E-state index in [-0.39, 0.29) is 47.4 Å². The van der Waals surface area contributed by atoms with E-state index in [4.69, 9.17) is 18.9 Å². The van der Waals surface area contributed by atoms with Crippen molar-refractivity contribution in [2.75, 3.05) is 26.4 Å². The summed E-state index contributed by atoms with van der Waals surface area (Å²) in [4.78, 5) is 75.3. The number of ether oxygens (including phenoxy) is 4. The van der Waals surface area contributed by atoms with Gasteiger partial charge in [0, 0.05) is 11.1 Å². The maximum absolute atomic E-state index is 12.7. The molecule has 14 heteroatoms. The molecule has 0 atom stereocenters. The molecule has 0 amide bonds. The lowest BCUT2D eigenvalue weighted by molar-refractivity contribution is 0.0646. The number of benzene rings is 6. The molecule has 0 heterocycles. The van der Waals surface area contributed by atoms with Gasteiger partial charge in [-0.15, -0.1) is 0 Å². The monoisotopic (exact) mass is 974 g/mol. The molecule has 6 aromatic carbocycles. The van der Waals surface area contributed by atoms with E-state index in [0.717, 1.165) is 36.8 Å². The number of allylic oxidation sites excluding steroid dienone is 2. The van der Waals surface area contributed by atoms with Gasteiger partial charge < -0.3 is 39.4 Å². The van der Waals surface area contributed by atoms with Crippen LogP contribution in [0.25, 0.3) is 23.3 Å². The SMILES string of the molecule is O=C(C=Cc1ccc(OCCCCCCOc2ccc(-c3ccc(OCCCCCCOc4ccc(C=CC(=O)c5ccccc5)cc4)c(C(=O)O)c3C(=O)O)c(C(=O)O)c2C(=O)O)cc1)c1ccccc1. The van der Waals surface area contributed by atoms with E-state index in [1.807, 2.05) is 84.9 Å². The van der Waals surface area contributed by atoms with Gasteiger partial charge in [0.15, 0.2) is 11.6 Å². The molecule has 72 heavy (non-hydrogen) atoms. The Bertz CT molecular complexity index is 2690. The highest BCUT2D eigenvalue weighted by molar-refractivity contribution is 6.13. The van der Waals surface area contributed by atoms with Crippen LogP contribution in [0.3, 0.4) is 0 Å². The first-order valence-electron chi connectivity index (χ1n) is 23.4. The van der Waals surface area contributed by atoms with Gasteiger partial charge in [-0.2, -0.15) is 0 Å². The minimum atomic E-state index is -1.68. The van der Waals surface area contributed by atoms with Crippen molar-refractivity contribution in [3.8, 4) is 34.1 Å². The van der Waals surface area contributed by atoms with Gasteiger partial charge in [0.25, 0.3) is 0 Å². The van der Waals surface area contributed by atoms with Crippen molar-refractivity contribution in [3.05, 3.63) is 190 Å². The van der Waals surface area contributed by atoms with E-state index in [2.05, 4.69) is 0 Å². The summed E-state index contributed by atoms with van der Waals surface area (Å²) in [6.07, 6.45) is 11.9. The van der Waals surface area contributed by atoms with Crippen LogP contribution >= 0.6 is 0 Å². The molecular formula is C58H54O14. The number of rotatable bonds is 29. The zero-order valence-electron chi connectivity index (χ0n) is 39.4. The summed E-state index contributed by atoms with van der Waals surface area (Å²) in [5, 5.41) is 41.1. The number of unbranched alkanes of at least 4 members (excludes halogenated alkanes) is 6. The second kappa shape index (κ2) is 26.8. The van der Waals surface area contributed by atoms with Crippen molar-refractivity contribution in [2.45, 2.75) is 51.4 Å². The van der Waals surface area contributed by atoms with Crippen LogP contribution in [-0.2, 0) is 0 Å². The van der Waals surface area contributed by atoms with E-state index in [0.29, 0.717) is 61.5 Å². The Balaban J connectivity index is 0.966. The highest BCUT2D eigenvalue weighted by Crippen LogP contribution is 2.38. The van der Waals surface area contributed by atoms with Gasteiger partial charge in [0.2, 0.25) is 0 Å². The molecular weight excluding hydrogens is 921 g/mol. The van der Waals surface area contributed by atoms with Gasteiger partial charge in [-0.05, 0) is 134 Å². The molecule has 6 rings (SSSR count). The number of hydrogen-bond acceptors (Lipinski definition) is 10. The number of hydrogen-bond donors (Lipinski definition) is 4. The molecule has 0 bridgehead atoms. The summed E-state index contributed by atoms with van der Waals surface area (Å²) < 4.78 is 23.2. The fourth-order valence-electron chi connectivity index (χ4n) is 7.68. The number of aromatic carboxylic acids is 4. The smallest absolute Gasteiger partial charge is 0.340 e. The molecule has 0 radical (unpaired) electrons. The molecule has 0 spiro atoms. The summed E-state index contributed by atoms with van der Waals surface area (Å²) in [5.74, 6) is -5.95. The summed E-state index contributed by atoms with van der Waals surface area (Å²) in [7, 11) is 0. The Hall–Kier alpha value is -8.78. The maximum atomic E-state index is 12.7. The maximum Gasteiger partial charge on any atom is 0.340 e. The summed E-state index contributed by atoms with van der Waals surface area (Å²) >= 11 is 0. The average molecular weight is 975 g/mol. The van der Waals surface area contributed by atoms with Crippen LogP contribution < -0.4 is 18.9 Å². The first kappa shape index (κ1) is 52.6. The summed E-state index contributed by atoms with van der Waals surface area (Å²) in [6.45, 7) is 1.00. The Morgan fingerprint density at radius 3 is 0.986 bits per heavy atom. The zero-order valence-corrected chi connectivity index (χ0v) is 39.4. The lowest BCUT2D eigenvalue weighted by atomic mass is 9.89. The standard InChI is InChI=1S/C58H54O14/c59-47(41-15-7-5-8-16-41)31-23-39-19-25-43(26-20-39)69-35-11-1-3-13-37-71-49-33-29-45(51(55(61)62)53(49)57(65)66)46-30-34-50(54(58(67)68)52(46)56(63)64)72-38-14-4-2-12-36-70-44-27-21-40(22-28-44)24-32-48(60)42-17-9-6-10-18-42/h5-10,15-34H,1-4,11-14,35-38H2,(H,61,62)(H,63,64)(H,65,66)(H,67,68). The Morgan fingerprint density at radius 2 is 0.667 bits per heavy atom. The lowest BCUT2D eigenvalue weighted by Gasteiger charge is -2.18. The van der Waals surface area contributed by atoms with Crippen LogP contribution in [0.15, 0.2) is 146 Å². The molecule has 0 aliphatic rings. The first-order valence-corrected chi connectivity index (χ1v) is 23.4. The van der Waals surface area contributed by atoms with Crippen LogP contribution in [0, 0.1) is 0 Å². The van der Waals surface area contributed by atoms with E-state index >= 15 is 0 Å².